The van der Waals surface area contributed by atoms with Crippen LogP contribution in [0.4, 0.5) is 0 Å². The molecule has 25 heavy (non-hydrogen) atoms. The van der Waals surface area contributed by atoms with Gasteiger partial charge < -0.3 is 0 Å². The highest BCUT2D eigenvalue weighted by Gasteiger charge is 2.34. The molecular weight excluding hydrogens is 324 g/mol. The van der Waals surface area contributed by atoms with Gasteiger partial charge in [0.25, 0.3) is 17.4 Å². The lowest BCUT2D eigenvalue weighted by molar-refractivity contribution is 0.0647. The molecular formula is C17H14N4O4. The van der Waals surface area contributed by atoms with Gasteiger partial charge in [0.2, 0.25) is 0 Å². The summed E-state index contributed by atoms with van der Waals surface area (Å²) in [4.78, 5) is 50.2. The van der Waals surface area contributed by atoms with Crippen LogP contribution in [0.1, 0.15) is 33.2 Å². The van der Waals surface area contributed by atoms with E-state index in [2.05, 4.69) is 0 Å². The Kier molecular flexibility index (Phi) is 4.07. The Morgan fingerprint density at radius 2 is 1.60 bits per heavy atom. The lowest BCUT2D eigenvalue weighted by Crippen LogP contribution is -2.44. The van der Waals surface area contributed by atoms with E-state index in [0.717, 1.165) is 9.47 Å². The highest BCUT2D eigenvalue weighted by molar-refractivity contribution is 6.21. The molecule has 0 bridgehead atoms. The first kappa shape index (κ1) is 16.4. The van der Waals surface area contributed by atoms with Crippen molar-refractivity contribution in [2.24, 2.45) is 0 Å². The van der Waals surface area contributed by atoms with Crippen LogP contribution in [0.3, 0.4) is 0 Å². The fourth-order valence-electron chi connectivity index (χ4n) is 2.80. The molecule has 2 heterocycles. The number of carbonyl (C=O) groups excluding carboxylic acids is 2. The van der Waals surface area contributed by atoms with E-state index in [1.165, 1.54) is 10.8 Å². The molecule has 1 aliphatic heterocycles. The minimum Gasteiger partial charge on any atom is -0.299 e. The highest BCUT2D eigenvalue weighted by atomic mass is 16.2. The zero-order chi connectivity index (χ0) is 18.1. The molecule has 0 spiro atoms. The monoisotopic (exact) mass is 338 g/mol. The number of rotatable bonds is 4. The van der Waals surface area contributed by atoms with Crippen LogP contribution < -0.4 is 11.2 Å². The van der Waals surface area contributed by atoms with Crippen LogP contribution in [-0.2, 0) is 13.1 Å². The number of aryl methyl sites for hydroxylation is 1. The summed E-state index contributed by atoms with van der Waals surface area (Å²) in [5.74, 6) is -0.915. The topological polar surface area (TPSA) is 105 Å². The predicted octanol–water partition coefficient (Wildman–Crippen LogP) is 0.198. The summed E-state index contributed by atoms with van der Waals surface area (Å²) in [6.07, 6.45) is 1.21. The average Bonchev–Trinajstić information content (AvgIpc) is 2.87. The number of aromatic nitrogens is 2. The first-order valence-corrected chi connectivity index (χ1v) is 7.69. The first-order valence-electron chi connectivity index (χ1n) is 7.69. The van der Waals surface area contributed by atoms with Crippen molar-refractivity contribution in [3.63, 3.8) is 0 Å². The SMILES string of the molecule is CCn1cc(C#N)c(=O)n(CCN2C(=O)c3ccccc3C2=O)c1=O. The summed E-state index contributed by atoms with van der Waals surface area (Å²) < 4.78 is 2.12. The Bertz CT molecular complexity index is 1010. The fourth-order valence-corrected chi connectivity index (χ4v) is 2.80. The molecule has 0 atom stereocenters. The van der Waals surface area contributed by atoms with Gasteiger partial charge in [-0.2, -0.15) is 5.26 Å². The smallest absolute Gasteiger partial charge is 0.299 e. The van der Waals surface area contributed by atoms with Crippen molar-refractivity contribution < 1.29 is 9.59 Å². The molecule has 1 aliphatic rings. The molecule has 0 fully saturated rings. The molecule has 0 unspecified atom stereocenters. The van der Waals surface area contributed by atoms with Gasteiger partial charge in [-0.25, -0.2) is 4.79 Å². The molecule has 0 radical (unpaired) electrons. The second-order valence-electron chi connectivity index (χ2n) is 5.49. The Labute approximate surface area is 142 Å². The van der Waals surface area contributed by atoms with E-state index in [1.54, 1.807) is 37.3 Å². The van der Waals surface area contributed by atoms with E-state index in [4.69, 9.17) is 5.26 Å². The molecule has 1 aromatic heterocycles. The van der Waals surface area contributed by atoms with Crippen molar-refractivity contribution in [2.45, 2.75) is 20.0 Å². The number of carbonyl (C=O) groups is 2. The molecule has 8 heteroatoms. The summed E-state index contributed by atoms with van der Waals surface area (Å²) in [5.41, 5.74) is -0.867. The maximum absolute atomic E-state index is 12.3. The van der Waals surface area contributed by atoms with E-state index in [0.29, 0.717) is 17.7 Å². The number of imide groups is 1. The van der Waals surface area contributed by atoms with Crippen LogP contribution in [0.2, 0.25) is 0 Å². The molecule has 0 aliphatic carbocycles. The Hall–Kier alpha value is -3.47. The minimum absolute atomic E-state index is 0.125. The van der Waals surface area contributed by atoms with Crippen LogP contribution in [0.5, 0.6) is 0 Å². The second-order valence-corrected chi connectivity index (χ2v) is 5.49. The Balaban J connectivity index is 1.93. The molecule has 0 N–H and O–H groups in total. The molecule has 3 rings (SSSR count). The number of nitriles is 1. The molecule has 126 valence electrons. The van der Waals surface area contributed by atoms with Gasteiger partial charge in [-0.05, 0) is 19.1 Å². The van der Waals surface area contributed by atoms with Gasteiger partial charge in [-0.1, -0.05) is 12.1 Å². The third-order valence-electron chi connectivity index (χ3n) is 4.12. The van der Waals surface area contributed by atoms with Crippen LogP contribution in [-0.4, -0.2) is 32.4 Å². The van der Waals surface area contributed by atoms with Crippen LogP contribution in [0.25, 0.3) is 0 Å². The number of fused-ring (bicyclic) bond motifs is 1. The summed E-state index contributed by atoms with van der Waals surface area (Å²) in [6, 6.07) is 8.19. The largest absolute Gasteiger partial charge is 0.331 e. The van der Waals surface area contributed by atoms with Crippen molar-refractivity contribution in [1.29, 1.82) is 5.26 Å². The quantitative estimate of drug-likeness (QED) is 0.740. The van der Waals surface area contributed by atoms with Crippen molar-refractivity contribution in [3.05, 3.63) is 68.0 Å². The van der Waals surface area contributed by atoms with Crippen molar-refractivity contribution in [3.8, 4) is 6.07 Å². The van der Waals surface area contributed by atoms with Gasteiger partial charge in [0.1, 0.15) is 11.6 Å². The van der Waals surface area contributed by atoms with E-state index in [-0.39, 0.29) is 18.7 Å². The van der Waals surface area contributed by atoms with Gasteiger partial charge in [0, 0.05) is 25.8 Å². The molecule has 2 aromatic rings. The molecule has 2 amide bonds. The third kappa shape index (κ3) is 2.55. The number of amides is 2. The van der Waals surface area contributed by atoms with Gasteiger partial charge in [0.05, 0.1) is 11.1 Å². The summed E-state index contributed by atoms with van der Waals surface area (Å²) in [5, 5.41) is 9.04. The van der Waals surface area contributed by atoms with Gasteiger partial charge in [-0.15, -0.1) is 0 Å². The summed E-state index contributed by atoms with van der Waals surface area (Å²) >= 11 is 0. The summed E-state index contributed by atoms with van der Waals surface area (Å²) in [6.45, 7) is 1.71. The second kappa shape index (κ2) is 6.20. The fraction of sp³-hybridized carbons (Fsp3) is 0.235. The lowest BCUT2D eigenvalue weighted by atomic mass is 10.1. The molecule has 8 nitrogen and oxygen atoms in total. The lowest BCUT2D eigenvalue weighted by Gasteiger charge is -2.15. The van der Waals surface area contributed by atoms with Gasteiger partial charge in [0.15, 0.2) is 0 Å². The summed E-state index contributed by atoms with van der Waals surface area (Å²) in [7, 11) is 0. The van der Waals surface area contributed by atoms with E-state index in [9.17, 15) is 19.2 Å². The molecule has 0 saturated carbocycles. The maximum Gasteiger partial charge on any atom is 0.331 e. The first-order chi connectivity index (χ1) is 12.0. The normalized spacial score (nSPS) is 13.0. The van der Waals surface area contributed by atoms with E-state index < -0.39 is 23.1 Å². The van der Waals surface area contributed by atoms with Crippen molar-refractivity contribution in [1.82, 2.24) is 14.0 Å². The zero-order valence-electron chi connectivity index (χ0n) is 13.4. The van der Waals surface area contributed by atoms with E-state index >= 15 is 0 Å². The average molecular weight is 338 g/mol. The van der Waals surface area contributed by atoms with Gasteiger partial charge in [-0.3, -0.25) is 28.4 Å². The Morgan fingerprint density at radius 3 is 2.12 bits per heavy atom. The predicted molar refractivity (Wildman–Crippen MR) is 87.2 cm³/mol. The maximum atomic E-state index is 12.3. The minimum atomic E-state index is -0.728. The molecule has 1 aromatic carbocycles. The van der Waals surface area contributed by atoms with Crippen LogP contribution in [0, 0.1) is 11.3 Å². The van der Waals surface area contributed by atoms with Crippen molar-refractivity contribution in [2.75, 3.05) is 6.54 Å². The standard InChI is InChI=1S/C17H14N4O4/c1-2-19-10-11(9-18)14(22)21(17(19)25)8-7-20-15(23)12-5-3-4-6-13(12)16(20)24/h3-6,10H,2,7-8H2,1H3. The Morgan fingerprint density at radius 1 is 1.00 bits per heavy atom. The highest BCUT2D eigenvalue weighted by Crippen LogP contribution is 2.21. The zero-order valence-corrected chi connectivity index (χ0v) is 13.4. The third-order valence-corrected chi connectivity index (χ3v) is 4.12. The molecule has 0 saturated heterocycles. The van der Waals surface area contributed by atoms with Gasteiger partial charge >= 0.3 is 5.69 Å². The number of hydrogen-bond donors (Lipinski definition) is 0. The number of nitrogens with zero attached hydrogens (tertiary/aromatic N) is 4. The van der Waals surface area contributed by atoms with Crippen molar-refractivity contribution >= 4 is 11.8 Å². The number of hydrogen-bond acceptors (Lipinski definition) is 5. The number of benzene rings is 1. The van der Waals surface area contributed by atoms with Crippen LogP contribution >= 0.6 is 0 Å². The van der Waals surface area contributed by atoms with E-state index in [1.807, 2.05) is 0 Å². The van der Waals surface area contributed by atoms with Crippen LogP contribution in [0.15, 0.2) is 40.1 Å².